The number of nitrogens with zero attached hydrogens (tertiary/aromatic N) is 4. The van der Waals surface area contributed by atoms with E-state index in [1.165, 1.54) is 22.3 Å². The largest absolute Gasteiger partial charge is 0.451 e. The Labute approximate surface area is 151 Å². The van der Waals surface area contributed by atoms with Crippen molar-refractivity contribution in [2.45, 2.75) is 6.92 Å². The number of halogens is 1. The van der Waals surface area contributed by atoms with Crippen molar-refractivity contribution in [2.75, 3.05) is 11.9 Å². The van der Waals surface area contributed by atoms with Crippen molar-refractivity contribution in [1.82, 2.24) is 20.2 Å². The quantitative estimate of drug-likeness (QED) is 0.686. The summed E-state index contributed by atoms with van der Waals surface area (Å²) in [5, 5.41) is 15.7. The van der Waals surface area contributed by atoms with Gasteiger partial charge in [0, 0.05) is 10.7 Å². The lowest BCUT2D eigenvalue weighted by atomic mass is 10.2. The van der Waals surface area contributed by atoms with Gasteiger partial charge in [0.2, 0.25) is 0 Å². The molecule has 2 aromatic heterocycles. The molecule has 1 amide bonds. The predicted octanol–water partition coefficient (Wildman–Crippen LogP) is 2.48. The average molecular weight is 378 g/mol. The van der Waals surface area contributed by atoms with E-state index in [2.05, 4.69) is 20.8 Å². The number of tetrazole rings is 1. The Morgan fingerprint density at radius 1 is 1.36 bits per heavy atom. The first-order chi connectivity index (χ1) is 12.1. The third-order valence-electron chi connectivity index (χ3n) is 3.30. The summed E-state index contributed by atoms with van der Waals surface area (Å²) in [5.74, 6) is -1.09. The van der Waals surface area contributed by atoms with Crippen molar-refractivity contribution in [3.05, 3.63) is 51.4 Å². The van der Waals surface area contributed by atoms with Gasteiger partial charge in [-0.2, -0.15) is 4.68 Å². The van der Waals surface area contributed by atoms with Crippen molar-refractivity contribution in [3.8, 4) is 5.69 Å². The van der Waals surface area contributed by atoms with Crippen molar-refractivity contribution < 1.29 is 14.3 Å². The smallest absolute Gasteiger partial charge is 0.351 e. The maximum Gasteiger partial charge on any atom is 0.351 e. The fourth-order valence-corrected chi connectivity index (χ4v) is 2.98. The summed E-state index contributed by atoms with van der Waals surface area (Å²) in [7, 11) is 0. The number of thiophene rings is 1. The molecule has 1 N–H and O–H groups in total. The minimum atomic E-state index is -0.626. The van der Waals surface area contributed by atoms with Crippen LogP contribution in [-0.4, -0.2) is 38.7 Å². The van der Waals surface area contributed by atoms with Crippen LogP contribution in [0.2, 0.25) is 5.02 Å². The Hall–Kier alpha value is -2.78. The third-order valence-corrected chi connectivity index (χ3v) is 4.59. The third kappa shape index (κ3) is 3.83. The van der Waals surface area contributed by atoms with Gasteiger partial charge in [-0.05, 0) is 46.5 Å². The Balaban J connectivity index is 1.62. The first kappa shape index (κ1) is 17.1. The number of nitrogens with one attached hydrogen (secondary N) is 1. The zero-order chi connectivity index (χ0) is 17.8. The Morgan fingerprint density at radius 2 is 2.20 bits per heavy atom. The number of ether oxygens (including phenoxy) is 1. The summed E-state index contributed by atoms with van der Waals surface area (Å²) in [5.41, 5.74) is 1.80. The summed E-state index contributed by atoms with van der Waals surface area (Å²) >= 11 is 7.18. The zero-order valence-corrected chi connectivity index (χ0v) is 14.5. The number of carbonyl (C=O) groups is 2. The van der Waals surface area contributed by atoms with Crippen LogP contribution in [0.1, 0.15) is 15.2 Å². The van der Waals surface area contributed by atoms with Gasteiger partial charge in [-0.1, -0.05) is 17.7 Å². The number of hydrogen-bond acceptors (Lipinski definition) is 7. The second-order valence-electron chi connectivity index (χ2n) is 4.93. The molecule has 0 aliphatic carbocycles. The number of anilines is 1. The van der Waals surface area contributed by atoms with Crippen LogP contribution < -0.4 is 5.32 Å². The molecule has 0 aliphatic heterocycles. The van der Waals surface area contributed by atoms with Gasteiger partial charge < -0.3 is 10.1 Å². The van der Waals surface area contributed by atoms with E-state index in [4.69, 9.17) is 16.3 Å². The van der Waals surface area contributed by atoms with Gasteiger partial charge in [-0.25, -0.2) is 4.79 Å². The monoisotopic (exact) mass is 377 g/mol. The minimum absolute atomic E-state index is 0.305. The molecule has 0 bridgehead atoms. The highest BCUT2D eigenvalue weighted by molar-refractivity contribution is 7.12. The van der Waals surface area contributed by atoms with Crippen molar-refractivity contribution in [3.63, 3.8) is 0 Å². The first-order valence-corrected chi connectivity index (χ1v) is 8.35. The lowest BCUT2D eigenvalue weighted by Crippen LogP contribution is -2.21. The molecule has 25 heavy (non-hydrogen) atoms. The van der Waals surface area contributed by atoms with E-state index in [9.17, 15) is 9.59 Å². The van der Waals surface area contributed by atoms with Gasteiger partial charge in [0.25, 0.3) is 5.91 Å². The molecule has 0 radical (unpaired) electrons. The number of benzene rings is 1. The first-order valence-electron chi connectivity index (χ1n) is 7.09. The molecule has 8 nitrogen and oxygen atoms in total. The number of aromatic nitrogens is 4. The number of amides is 1. The molecule has 1 aromatic carbocycles. The van der Waals surface area contributed by atoms with Crippen molar-refractivity contribution >= 4 is 40.5 Å². The molecule has 0 saturated carbocycles. The summed E-state index contributed by atoms with van der Waals surface area (Å²) < 4.78 is 6.42. The van der Waals surface area contributed by atoms with Crippen LogP contribution in [-0.2, 0) is 9.53 Å². The fraction of sp³-hybridized carbons (Fsp3) is 0.133. The predicted molar refractivity (Wildman–Crippen MR) is 92.1 cm³/mol. The lowest BCUT2D eigenvalue weighted by molar-refractivity contribution is -0.119. The maximum absolute atomic E-state index is 12.2. The number of rotatable bonds is 5. The van der Waals surface area contributed by atoms with E-state index in [0.717, 1.165) is 5.56 Å². The van der Waals surface area contributed by atoms with Crippen molar-refractivity contribution in [2.24, 2.45) is 0 Å². The molecule has 0 unspecified atom stereocenters. The molecule has 10 heteroatoms. The van der Waals surface area contributed by atoms with Gasteiger partial charge in [-0.15, -0.1) is 16.4 Å². The number of carbonyl (C=O) groups excluding carboxylic acids is 2. The van der Waals surface area contributed by atoms with E-state index in [-0.39, 0.29) is 0 Å². The fourth-order valence-electron chi connectivity index (χ4n) is 2.03. The van der Waals surface area contributed by atoms with Crippen LogP contribution in [0.4, 0.5) is 5.69 Å². The van der Waals surface area contributed by atoms with Gasteiger partial charge >= 0.3 is 5.97 Å². The van der Waals surface area contributed by atoms with Crippen LogP contribution in [0.25, 0.3) is 5.69 Å². The van der Waals surface area contributed by atoms with Crippen molar-refractivity contribution in [1.29, 1.82) is 0 Å². The number of hydrogen-bond donors (Lipinski definition) is 1. The molecular weight excluding hydrogens is 366 g/mol. The van der Waals surface area contributed by atoms with Gasteiger partial charge in [-0.3, -0.25) is 4.79 Å². The van der Waals surface area contributed by atoms with Crippen LogP contribution in [0.3, 0.4) is 0 Å². The Bertz CT molecular complexity index is 910. The van der Waals surface area contributed by atoms with E-state index in [0.29, 0.717) is 21.3 Å². The second kappa shape index (κ2) is 7.41. The topological polar surface area (TPSA) is 99.0 Å². The van der Waals surface area contributed by atoms with Crippen LogP contribution in [0, 0.1) is 6.92 Å². The Kier molecular flexibility index (Phi) is 5.05. The summed E-state index contributed by atoms with van der Waals surface area (Å²) in [6.45, 7) is 1.37. The molecule has 2 heterocycles. The molecular formula is C15H12ClN5O3S. The molecule has 0 atom stereocenters. The van der Waals surface area contributed by atoms with E-state index in [1.54, 1.807) is 36.6 Å². The van der Waals surface area contributed by atoms with E-state index < -0.39 is 18.5 Å². The molecule has 0 saturated heterocycles. The molecule has 3 rings (SSSR count). The maximum atomic E-state index is 12.2. The van der Waals surface area contributed by atoms with E-state index >= 15 is 0 Å². The van der Waals surface area contributed by atoms with E-state index in [1.807, 2.05) is 0 Å². The van der Waals surface area contributed by atoms with Gasteiger partial charge in [0.1, 0.15) is 11.2 Å². The highest BCUT2D eigenvalue weighted by Crippen LogP contribution is 2.23. The number of esters is 1. The molecule has 0 spiro atoms. The van der Waals surface area contributed by atoms with Gasteiger partial charge in [0.15, 0.2) is 6.61 Å². The highest BCUT2D eigenvalue weighted by Gasteiger charge is 2.18. The van der Waals surface area contributed by atoms with Crippen LogP contribution >= 0.6 is 22.9 Å². The Morgan fingerprint density at radius 3 is 2.96 bits per heavy atom. The SMILES string of the molecule is Cc1c(Cl)cccc1NC(=O)COC(=O)c1sccc1-n1cnnn1. The summed E-state index contributed by atoms with van der Waals surface area (Å²) in [4.78, 5) is 24.5. The molecule has 128 valence electrons. The zero-order valence-electron chi connectivity index (χ0n) is 13.0. The lowest BCUT2D eigenvalue weighted by Gasteiger charge is -2.10. The average Bonchev–Trinajstić information content (AvgIpc) is 3.27. The van der Waals surface area contributed by atoms with Gasteiger partial charge in [0.05, 0.1) is 5.69 Å². The normalized spacial score (nSPS) is 10.5. The summed E-state index contributed by atoms with van der Waals surface area (Å²) in [6, 6.07) is 6.86. The molecule has 0 aliphatic rings. The van der Waals surface area contributed by atoms with Crippen LogP contribution in [0.15, 0.2) is 36.0 Å². The van der Waals surface area contributed by atoms with Crippen LogP contribution in [0.5, 0.6) is 0 Å². The summed E-state index contributed by atoms with van der Waals surface area (Å²) in [6.07, 6.45) is 1.37. The highest BCUT2D eigenvalue weighted by atomic mass is 35.5. The molecule has 0 fully saturated rings. The standard InChI is InChI=1S/C15H12ClN5O3S/c1-9-10(16)3-2-4-11(9)18-13(22)7-24-15(23)14-12(5-6-25-14)21-8-17-19-20-21/h2-6,8H,7H2,1H3,(H,18,22). The molecule has 3 aromatic rings. The second-order valence-corrected chi connectivity index (χ2v) is 6.25. The minimum Gasteiger partial charge on any atom is -0.451 e.